The van der Waals surface area contributed by atoms with Crippen LogP contribution in [0.15, 0.2) is 24.4 Å². The van der Waals surface area contributed by atoms with Gasteiger partial charge in [0.15, 0.2) is 0 Å². The number of aromatic nitrogens is 1. The average molecular weight is 346 g/mol. The molecular formula is C17H22N4O2S. The minimum atomic E-state index is -0.295. The highest BCUT2D eigenvalue weighted by Gasteiger charge is 2.10. The van der Waals surface area contributed by atoms with Gasteiger partial charge in [-0.15, -0.1) is 11.3 Å². The largest absolute Gasteiger partial charge is 0.333 e. The smallest absolute Gasteiger partial charge is 0.319 e. The Bertz CT molecular complexity index is 740. The summed E-state index contributed by atoms with van der Waals surface area (Å²) in [5.41, 5.74) is 2.24. The van der Waals surface area contributed by atoms with Crippen LogP contribution in [0.4, 0.5) is 16.2 Å². The van der Waals surface area contributed by atoms with Gasteiger partial charge in [0.25, 0.3) is 0 Å². The van der Waals surface area contributed by atoms with Crippen molar-refractivity contribution in [3.05, 3.63) is 39.8 Å². The summed E-state index contributed by atoms with van der Waals surface area (Å²) in [6.45, 7) is 7.92. The van der Waals surface area contributed by atoms with Crippen LogP contribution in [-0.2, 0) is 11.3 Å². The Morgan fingerprint density at radius 3 is 2.58 bits per heavy atom. The number of urea groups is 1. The predicted molar refractivity (Wildman–Crippen MR) is 97.4 cm³/mol. The van der Waals surface area contributed by atoms with Gasteiger partial charge < -0.3 is 16.0 Å². The summed E-state index contributed by atoms with van der Waals surface area (Å²) < 4.78 is 0. The van der Waals surface area contributed by atoms with Crippen LogP contribution in [0.25, 0.3) is 0 Å². The number of carbonyl (C=O) groups is 2. The first-order valence-electron chi connectivity index (χ1n) is 7.73. The van der Waals surface area contributed by atoms with E-state index in [1.807, 2.05) is 39.8 Å². The molecule has 0 bridgehead atoms. The van der Waals surface area contributed by atoms with E-state index in [0.717, 1.165) is 15.4 Å². The van der Waals surface area contributed by atoms with E-state index in [1.54, 1.807) is 23.6 Å². The fourth-order valence-electron chi connectivity index (χ4n) is 1.94. The third kappa shape index (κ3) is 5.06. The molecule has 1 aromatic carbocycles. The van der Waals surface area contributed by atoms with Gasteiger partial charge in [0, 0.05) is 28.4 Å². The quantitative estimate of drug-likeness (QED) is 0.772. The van der Waals surface area contributed by atoms with Crippen molar-refractivity contribution < 1.29 is 9.59 Å². The Morgan fingerprint density at radius 1 is 1.21 bits per heavy atom. The van der Waals surface area contributed by atoms with Crippen LogP contribution in [0, 0.1) is 19.8 Å². The predicted octanol–water partition coefficient (Wildman–Crippen LogP) is 3.68. The van der Waals surface area contributed by atoms with Crippen LogP contribution in [0.5, 0.6) is 0 Å². The monoisotopic (exact) mass is 346 g/mol. The standard InChI is InChI=1S/C17H22N4O2S/c1-10(2)16(22)20-13-6-5-11(3)15(7-13)21-17(23)19-9-14-8-18-12(4)24-14/h5-8,10H,9H2,1-4H3,(H,20,22)(H2,19,21,23). The molecule has 0 unspecified atom stereocenters. The maximum absolute atomic E-state index is 12.1. The molecular weight excluding hydrogens is 324 g/mol. The van der Waals surface area contributed by atoms with Crippen LogP contribution in [0.2, 0.25) is 0 Å². The number of nitrogens with one attached hydrogen (secondary N) is 3. The van der Waals surface area contributed by atoms with Crippen LogP contribution >= 0.6 is 11.3 Å². The second kappa shape index (κ2) is 7.92. The lowest BCUT2D eigenvalue weighted by molar-refractivity contribution is -0.118. The molecule has 128 valence electrons. The Kier molecular flexibility index (Phi) is 5.92. The summed E-state index contributed by atoms with van der Waals surface area (Å²) in [5, 5.41) is 9.41. The van der Waals surface area contributed by atoms with Crippen molar-refractivity contribution in [1.29, 1.82) is 0 Å². The van der Waals surface area contributed by atoms with Crippen LogP contribution in [-0.4, -0.2) is 16.9 Å². The summed E-state index contributed by atoms with van der Waals surface area (Å²) >= 11 is 1.55. The molecule has 2 rings (SSSR count). The zero-order chi connectivity index (χ0) is 17.7. The summed E-state index contributed by atoms with van der Waals surface area (Å²) in [5.74, 6) is -0.163. The van der Waals surface area contributed by atoms with Gasteiger partial charge in [-0.1, -0.05) is 19.9 Å². The van der Waals surface area contributed by atoms with Crippen LogP contribution in [0.3, 0.4) is 0 Å². The number of thiazole rings is 1. The molecule has 0 saturated carbocycles. The highest BCUT2D eigenvalue weighted by Crippen LogP contribution is 2.21. The Balaban J connectivity index is 1.97. The van der Waals surface area contributed by atoms with Crippen molar-refractivity contribution in [1.82, 2.24) is 10.3 Å². The number of hydrogen-bond acceptors (Lipinski definition) is 4. The summed E-state index contributed by atoms with van der Waals surface area (Å²) in [4.78, 5) is 29.0. The molecule has 0 atom stereocenters. The molecule has 0 aliphatic carbocycles. The van der Waals surface area contributed by atoms with Crippen molar-refractivity contribution in [2.24, 2.45) is 5.92 Å². The minimum absolute atomic E-state index is 0.0604. The van der Waals surface area contributed by atoms with Gasteiger partial charge in [-0.2, -0.15) is 0 Å². The Hall–Kier alpha value is -2.41. The molecule has 1 aromatic heterocycles. The van der Waals surface area contributed by atoms with Gasteiger partial charge >= 0.3 is 6.03 Å². The molecule has 0 spiro atoms. The van der Waals surface area contributed by atoms with E-state index in [0.29, 0.717) is 17.9 Å². The van der Waals surface area contributed by atoms with E-state index in [9.17, 15) is 9.59 Å². The summed E-state index contributed by atoms with van der Waals surface area (Å²) in [6.07, 6.45) is 1.76. The third-order valence-electron chi connectivity index (χ3n) is 3.37. The van der Waals surface area contributed by atoms with Crippen molar-refractivity contribution >= 4 is 34.6 Å². The van der Waals surface area contributed by atoms with Gasteiger partial charge in [0.1, 0.15) is 0 Å². The first-order valence-corrected chi connectivity index (χ1v) is 8.54. The van der Waals surface area contributed by atoms with E-state index in [-0.39, 0.29) is 17.9 Å². The zero-order valence-electron chi connectivity index (χ0n) is 14.3. The van der Waals surface area contributed by atoms with Gasteiger partial charge in [-0.25, -0.2) is 9.78 Å². The molecule has 0 aliphatic heterocycles. The number of amides is 3. The molecule has 0 saturated heterocycles. The van der Waals surface area contributed by atoms with E-state index < -0.39 is 0 Å². The molecule has 0 fully saturated rings. The second-order valence-corrected chi connectivity index (χ2v) is 7.15. The number of hydrogen-bond donors (Lipinski definition) is 3. The molecule has 0 aliphatic rings. The van der Waals surface area contributed by atoms with E-state index >= 15 is 0 Å². The van der Waals surface area contributed by atoms with Gasteiger partial charge in [0.05, 0.1) is 11.6 Å². The molecule has 0 radical (unpaired) electrons. The van der Waals surface area contributed by atoms with E-state index in [1.165, 1.54) is 0 Å². The highest BCUT2D eigenvalue weighted by molar-refractivity contribution is 7.11. The lowest BCUT2D eigenvalue weighted by atomic mass is 10.1. The van der Waals surface area contributed by atoms with E-state index in [2.05, 4.69) is 20.9 Å². The fraction of sp³-hybridized carbons (Fsp3) is 0.353. The fourth-order valence-corrected chi connectivity index (χ4v) is 2.68. The number of benzene rings is 1. The minimum Gasteiger partial charge on any atom is -0.333 e. The third-order valence-corrected chi connectivity index (χ3v) is 4.28. The number of aryl methyl sites for hydroxylation is 2. The summed E-state index contributed by atoms with van der Waals surface area (Å²) in [7, 11) is 0. The first-order chi connectivity index (χ1) is 11.3. The topological polar surface area (TPSA) is 83.1 Å². The zero-order valence-corrected chi connectivity index (χ0v) is 15.1. The number of nitrogens with zero attached hydrogens (tertiary/aromatic N) is 1. The maximum Gasteiger partial charge on any atom is 0.319 e. The van der Waals surface area contributed by atoms with Gasteiger partial charge in [0.2, 0.25) is 5.91 Å². The van der Waals surface area contributed by atoms with Gasteiger partial charge in [-0.3, -0.25) is 4.79 Å². The molecule has 3 amide bonds. The summed E-state index contributed by atoms with van der Waals surface area (Å²) in [6, 6.07) is 5.14. The molecule has 1 heterocycles. The van der Waals surface area contributed by atoms with Crippen molar-refractivity contribution in [2.75, 3.05) is 10.6 Å². The average Bonchev–Trinajstić information content (AvgIpc) is 2.94. The Labute approximate surface area is 145 Å². The van der Waals surface area contributed by atoms with Crippen molar-refractivity contribution in [2.45, 2.75) is 34.2 Å². The maximum atomic E-state index is 12.1. The van der Waals surface area contributed by atoms with Crippen LogP contribution < -0.4 is 16.0 Å². The molecule has 6 nitrogen and oxygen atoms in total. The Morgan fingerprint density at radius 2 is 1.96 bits per heavy atom. The number of rotatable bonds is 5. The number of carbonyl (C=O) groups excluding carboxylic acids is 2. The normalized spacial score (nSPS) is 10.5. The SMILES string of the molecule is Cc1ncc(CNC(=O)Nc2cc(NC(=O)C(C)C)ccc2C)s1. The molecule has 3 N–H and O–H groups in total. The van der Waals surface area contributed by atoms with Gasteiger partial charge in [-0.05, 0) is 31.5 Å². The lowest BCUT2D eigenvalue weighted by Crippen LogP contribution is -2.28. The lowest BCUT2D eigenvalue weighted by Gasteiger charge is -2.13. The number of anilines is 2. The molecule has 24 heavy (non-hydrogen) atoms. The van der Waals surface area contributed by atoms with Crippen molar-refractivity contribution in [3.8, 4) is 0 Å². The second-order valence-electron chi connectivity index (χ2n) is 5.83. The molecule has 7 heteroatoms. The molecule has 2 aromatic rings. The first kappa shape index (κ1) is 17.9. The van der Waals surface area contributed by atoms with Crippen LogP contribution in [0.1, 0.15) is 29.3 Å². The van der Waals surface area contributed by atoms with E-state index in [4.69, 9.17) is 0 Å². The van der Waals surface area contributed by atoms with Crippen molar-refractivity contribution in [3.63, 3.8) is 0 Å². The highest BCUT2D eigenvalue weighted by atomic mass is 32.1.